The normalized spacial score (nSPS) is 12.4. The van der Waals surface area contributed by atoms with Crippen molar-refractivity contribution in [3.8, 4) is 5.75 Å². The van der Waals surface area contributed by atoms with E-state index in [0.29, 0.717) is 25.0 Å². The van der Waals surface area contributed by atoms with Gasteiger partial charge < -0.3 is 25.4 Å². The first-order valence-corrected chi connectivity index (χ1v) is 10.4. The van der Waals surface area contributed by atoms with Crippen LogP contribution in [-0.4, -0.2) is 57.2 Å². The predicted octanol–water partition coefficient (Wildman–Crippen LogP) is 3.73. The standard InChI is InChI=1S/C20H34N4O3S.HI/c1-15(14-28-17-10-8-7-9-16(17)26-6)13-24-18(21-5)22-11-12-23-19(25)27-20(2,3)4;/h7-10,15H,11-14H2,1-6H3,(H,23,25)(H2,21,22,24);1H. The van der Waals surface area contributed by atoms with Crippen LogP contribution in [0.1, 0.15) is 27.7 Å². The number of carbonyl (C=O) groups excluding carboxylic acids is 1. The summed E-state index contributed by atoms with van der Waals surface area (Å²) in [7, 11) is 3.42. The van der Waals surface area contributed by atoms with Crippen LogP contribution in [0.3, 0.4) is 0 Å². The van der Waals surface area contributed by atoms with Gasteiger partial charge in [0.2, 0.25) is 0 Å². The van der Waals surface area contributed by atoms with Crippen LogP contribution in [0.25, 0.3) is 0 Å². The minimum absolute atomic E-state index is 0. The third-order valence-corrected chi connectivity index (χ3v) is 4.90. The van der Waals surface area contributed by atoms with E-state index in [1.807, 2.05) is 39.0 Å². The molecule has 1 atom stereocenters. The predicted molar refractivity (Wildman–Crippen MR) is 132 cm³/mol. The Morgan fingerprint density at radius 2 is 1.83 bits per heavy atom. The molecule has 0 aromatic heterocycles. The third kappa shape index (κ3) is 12.7. The van der Waals surface area contributed by atoms with Gasteiger partial charge in [-0.15, -0.1) is 35.7 Å². The molecule has 1 rings (SSSR count). The topological polar surface area (TPSA) is 84.0 Å². The average Bonchev–Trinajstić information content (AvgIpc) is 2.64. The Bertz CT molecular complexity index is 638. The second-order valence-electron chi connectivity index (χ2n) is 7.38. The number of carbonyl (C=O) groups is 1. The lowest BCUT2D eigenvalue weighted by atomic mass is 10.2. The fourth-order valence-corrected chi connectivity index (χ4v) is 3.23. The smallest absolute Gasteiger partial charge is 0.407 e. The van der Waals surface area contributed by atoms with E-state index in [1.165, 1.54) is 0 Å². The Balaban J connectivity index is 0.00000784. The first-order valence-electron chi connectivity index (χ1n) is 9.42. The van der Waals surface area contributed by atoms with Crippen LogP contribution in [-0.2, 0) is 4.74 Å². The molecule has 29 heavy (non-hydrogen) atoms. The van der Waals surface area contributed by atoms with Crippen molar-refractivity contribution in [2.24, 2.45) is 10.9 Å². The van der Waals surface area contributed by atoms with Crippen molar-refractivity contribution in [2.45, 2.75) is 38.2 Å². The van der Waals surface area contributed by atoms with Gasteiger partial charge in [-0.3, -0.25) is 4.99 Å². The van der Waals surface area contributed by atoms with E-state index in [9.17, 15) is 4.79 Å². The molecule has 0 spiro atoms. The lowest BCUT2D eigenvalue weighted by Crippen LogP contribution is -2.43. The number of halogens is 1. The summed E-state index contributed by atoms with van der Waals surface area (Å²) in [6.07, 6.45) is -0.417. The maximum atomic E-state index is 11.6. The number of aliphatic imine (C=N–C) groups is 1. The van der Waals surface area contributed by atoms with Gasteiger partial charge in [0.15, 0.2) is 5.96 Å². The van der Waals surface area contributed by atoms with Crippen LogP contribution in [0, 0.1) is 5.92 Å². The van der Waals surface area contributed by atoms with Crippen LogP contribution in [0.15, 0.2) is 34.2 Å². The number of alkyl carbamates (subject to hydrolysis) is 1. The molecule has 0 heterocycles. The number of para-hydroxylation sites is 1. The molecule has 0 fully saturated rings. The fraction of sp³-hybridized carbons (Fsp3) is 0.600. The number of guanidine groups is 1. The molecule has 0 aliphatic rings. The lowest BCUT2D eigenvalue weighted by molar-refractivity contribution is 0.0529. The van der Waals surface area contributed by atoms with Crippen molar-refractivity contribution in [3.63, 3.8) is 0 Å². The van der Waals surface area contributed by atoms with Crippen LogP contribution in [0.2, 0.25) is 0 Å². The Morgan fingerprint density at radius 1 is 1.17 bits per heavy atom. The van der Waals surface area contributed by atoms with Gasteiger partial charge in [0.1, 0.15) is 11.4 Å². The zero-order valence-corrected chi connectivity index (χ0v) is 21.4. The summed E-state index contributed by atoms with van der Waals surface area (Å²) in [5, 5.41) is 9.20. The monoisotopic (exact) mass is 538 g/mol. The highest BCUT2D eigenvalue weighted by Crippen LogP contribution is 2.29. The number of nitrogens with zero attached hydrogens (tertiary/aromatic N) is 1. The first-order chi connectivity index (χ1) is 13.2. The second-order valence-corrected chi connectivity index (χ2v) is 8.44. The molecular formula is C20H35IN4O3S. The SMILES string of the molecule is CN=C(NCCNC(=O)OC(C)(C)C)NCC(C)CSc1ccccc1OC.I. The van der Waals surface area contributed by atoms with E-state index in [-0.39, 0.29) is 24.0 Å². The highest BCUT2D eigenvalue weighted by Gasteiger charge is 2.15. The zero-order valence-electron chi connectivity index (χ0n) is 18.2. The van der Waals surface area contributed by atoms with Gasteiger partial charge in [-0.05, 0) is 38.8 Å². The van der Waals surface area contributed by atoms with E-state index < -0.39 is 11.7 Å². The number of ether oxygens (including phenoxy) is 2. The van der Waals surface area contributed by atoms with Crippen LogP contribution in [0.5, 0.6) is 5.75 Å². The number of rotatable bonds is 9. The summed E-state index contributed by atoms with van der Waals surface area (Å²) in [4.78, 5) is 17.0. The van der Waals surface area contributed by atoms with Gasteiger partial charge in [0.05, 0.1) is 7.11 Å². The highest BCUT2D eigenvalue weighted by molar-refractivity contribution is 14.0. The lowest BCUT2D eigenvalue weighted by Gasteiger charge is -2.20. The summed E-state index contributed by atoms with van der Waals surface area (Å²) >= 11 is 1.78. The maximum Gasteiger partial charge on any atom is 0.407 e. The molecule has 1 aromatic carbocycles. The van der Waals surface area contributed by atoms with Gasteiger partial charge in [-0.2, -0.15) is 0 Å². The van der Waals surface area contributed by atoms with Crippen molar-refractivity contribution in [1.29, 1.82) is 0 Å². The Labute approximate surface area is 196 Å². The van der Waals surface area contributed by atoms with Crippen molar-refractivity contribution in [3.05, 3.63) is 24.3 Å². The molecule has 1 amide bonds. The fourth-order valence-electron chi connectivity index (χ4n) is 2.18. The van der Waals surface area contributed by atoms with Crippen LogP contribution >= 0.6 is 35.7 Å². The average molecular weight is 538 g/mol. The molecule has 1 unspecified atom stereocenters. The van der Waals surface area contributed by atoms with Gasteiger partial charge in [-0.1, -0.05) is 19.1 Å². The maximum absolute atomic E-state index is 11.6. The molecular weight excluding hydrogens is 503 g/mol. The summed E-state index contributed by atoms with van der Waals surface area (Å²) in [6, 6.07) is 8.04. The quantitative estimate of drug-likeness (QED) is 0.146. The summed E-state index contributed by atoms with van der Waals surface area (Å²) in [5.41, 5.74) is -0.493. The van der Waals surface area contributed by atoms with Gasteiger partial charge >= 0.3 is 6.09 Å². The van der Waals surface area contributed by atoms with E-state index in [0.717, 1.165) is 22.9 Å². The molecule has 0 saturated heterocycles. The molecule has 166 valence electrons. The van der Waals surface area contributed by atoms with Gasteiger partial charge in [-0.25, -0.2) is 4.79 Å². The molecule has 3 N–H and O–H groups in total. The number of benzene rings is 1. The summed E-state index contributed by atoms with van der Waals surface area (Å²) < 4.78 is 10.6. The second kappa shape index (κ2) is 14.6. The molecule has 0 aliphatic carbocycles. The zero-order chi connectivity index (χ0) is 21.0. The Kier molecular flexibility index (Phi) is 13.9. The number of methoxy groups -OCH3 is 1. The largest absolute Gasteiger partial charge is 0.496 e. The number of thioether (sulfide) groups is 1. The minimum atomic E-state index is -0.493. The summed E-state index contributed by atoms with van der Waals surface area (Å²) in [5.74, 6) is 3.01. The van der Waals surface area contributed by atoms with E-state index in [4.69, 9.17) is 9.47 Å². The van der Waals surface area contributed by atoms with E-state index >= 15 is 0 Å². The molecule has 0 radical (unpaired) electrons. The molecule has 0 bridgehead atoms. The molecule has 9 heteroatoms. The van der Waals surface area contributed by atoms with Gasteiger partial charge in [0.25, 0.3) is 0 Å². The molecule has 0 aliphatic heterocycles. The number of hydrogen-bond donors (Lipinski definition) is 3. The third-order valence-electron chi connectivity index (χ3n) is 3.52. The molecule has 1 aromatic rings. The first kappa shape index (κ1) is 27.6. The van der Waals surface area contributed by atoms with Crippen molar-refractivity contribution >= 4 is 47.8 Å². The number of nitrogens with one attached hydrogen (secondary N) is 3. The Morgan fingerprint density at radius 3 is 2.45 bits per heavy atom. The van der Waals surface area contributed by atoms with Crippen molar-refractivity contribution < 1.29 is 14.3 Å². The highest BCUT2D eigenvalue weighted by atomic mass is 127. The number of hydrogen-bond acceptors (Lipinski definition) is 5. The van der Waals surface area contributed by atoms with Crippen molar-refractivity contribution in [2.75, 3.05) is 39.5 Å². The van der Waals surface area contributed by atoms with E-state index in [2.05, 4.69) is 33.9 Å². The minimum Gasteiger partial charge on any atom is -0.496 e. The number of amides is 1. The van der Waals surface area contributed by atoms with E-state index in [1.54, 1.807) is 25.9 Å². The van der Waals surface area contributed by atoms with Gasteiger partial charge in [0, 0.05) is 37.3 Å². The summed E-state index contributed by atoms with van der Waals surface area (Å²) in [6.45, 7) is 9.50. The van der Waals surface area contributed by atoms with Crippen molar-refractivity contribution in [1.82, 2.24) is 16.0 Å². The molecule has 7 nitrogen and oxygen atoms in total. The molecule has 0 saturated carbocycles. The Hall–Kier alpha value is -1.36. The van der Waals surface area contributed by atoms with Crippen LogP contribution < -0.4 is 20.7 Å². The van der Waals surface area contributed by atoms with Crippen LogP contribution in [0.4, 0.5) is 4.79 Å².